The molecule has 1 aromatic heterocycles. The molecule has 0 saturated carbocycles. The number of ether oxygens (including phenoxy) is 2. The zero-order chi connectivity index (χ0) is 19.2. The van der Waals surface area contributed by atoms with Gasteiger partial charge in [0.15, 0.2) is 0 Å². The van der Waals surface area contributed by atoms with Crippen LogP contribution in [0.2, 0.25) is 0 Å². The van der Waals surface area contributed by atoms with Crippen LogP contribution in [0.25, 0.3) is 22.9 Å². The molecule has 4 nitrogen and oxygen atoms in total. The molecule has 3 aromatic rings. The molecule has 0 aliphatic rings. The summed E-state index contributed by atoms with van der Waals surface area (Å²) in [4.78, 5) is 4.66. The van der Waals surface area contributed by atoms with Gasteiger partial charge in [0.25, 0.3) is 0 Å². The average molecular weight is 376 g/mol. The predicted molar refractivity (Wildman–Crippen MR) is 110 cm³/mol. The van der Waals surface area contributed by atoms with Gasteiger partial charge in [-0.25, -0.2) is 4.98 Å². The Kier molecular flexibility index (Phi) is 5.90. The van der Waals surface area contributed by atoms with Crippen LogP contribution in [0.3, 0.4) is 0 Å². The lowest BCUT2D eigenvalue weighted by molar-refractivity contribution is 0.402. The van der Waals surface area contributed by atoms with Gasteiger partial charge < -0.3 is 9.47 Å². The normalized spacial score (nSPS) is 11.1. The number of nitrogens with zero attached hydrogens (tertiary/aromatic N) is 2. The summed E-state index contributed by atoms with van der Waals surface area (Å²) in [7, 11) is 3.21. The summed E-state index contributed by atoms with van der Waals surface area (Å²) >= 11 is 1.46. The fraction of sp³-hybridized carbons (Fsp3) is 0.182. The Morgan fingerprint density at radius 3 is 2.56 bits per heavy atom. The summed E-state index contributed by atoms with van der Waals surface area (Å²) in [5.74, 6) is 1.38. The number of benzene rings is 2. The van der Waals surface area contributed by atoms with E-state index < -0.39 is 0 Å². The van der Waals surface area contributed by atoms with Gasteiger partial charge in [0.05, 0.1) is 25.5 Å². The lowest BCUT2D eigenvalue weighted by Gasteiger charge is -2.07. The van der Waals surface area contributed by atoms with Gasteiger partial charge in [0, 0.05) is 16.5 Å². The molecule has 0 amide bonds. The molecule has 0 atom stereocenters. The maximum absolute atomic E-state index is 9.66. The van der Waals surface area contributed by atoms with Crippen molar-refractivity contribution in [3.8, 4) is 28.8 Å². The van der Waals surface area contributed by atoms with Gasteiger partial charge in [-0.2, -0.15) is 5.26 Å². The van der Waals surface area contributed by atoms with E-state index >= 15 is 0 Å². The molecule has 0 saturated heterocycles. The van der Waals surface area contributed by atoms with E-state index in [1.807, 2.05) is 23.6 Å². The molecular weight excluding hydrogens is 356 g/mol. The molecule has 0 radical (unpaired) electrons. The molecule has 0 fully saturated rings. The topological polar surface area (TPSA) is 55.1 Å². The average Bonchev–Trinajstić information content (AvgIpc) is 3.21. The number of thiazole rings is 1. The summed E-state index contributed by atoms with van der Waals surface area (Å²) in [6.45, 7) is 2.13. The Labute approximate surface area is 163 Å². The minimum atomic E-state index is 0.489. The molecule has 0 aliphatic heterocycles. The lowest BCUT2D eigenvalue weighted by atomic mass is 10.1. The predicted octanol–water partition coefficient (Wildman–Crippen LogP) is 5.45. The molecule has 2 aromatic carbocycles. The largest absolute Gasteiger partial charge is 0.497 e. The molecule has 27 heavy (non-hydrogen) atoms. The number of hydrogen-bond acceptors (Lipinski definition) is 5. The van der Waals surface area contributed by atoms with E-state index in [9.17, 15) is 5.26 Å². The van der Waals surface area contributed by atoms with E-state index in [0.29, 0.717) is 22.1 Å². The van der Waals surface area contributed by atoms with Crippen LogP contribution >= 0.6 is 11.3 Å². The van der Waals surface area contributed by atoms with Crippen LogP contribution in [0.5, 0.6) is 11.5 Å². The monoisotopic (exact) mass is 376 g/mol. The third-order valence-corrected chi connectivity index (χ3v) is 5.13. The molecule has 0 N–H and O–H groups in total. The summed E-state index contributed by atoms with van der Waals surface area (Å²) in [6.07, 6.45) is 2.79. The second-order valence-electron chi connectivity index (χ2n) is 5.87. The molecule has 0 unspecified atom stereocenters. The van der Waals surface area contributed by atoms with Crippen LogP contribution in [0, 0.1) is 11.3 Å². The van der Waals surface area contributed by atoms with Crippen LogP contribution in [0.1, 0.15) is 23.1 Å². The van der Waals surface area contributed by atoms with Crippen LogP contribution in [-0.4, -0.2) is 19.2 Å². The number of methoxy groups -OCH3 is 2. The SMILES string of the molecule is CCc1ccc(-c2csc(/C(C#N)=C\c3cc(OC)ccc3OC)n2)cc1. The summed E-state index contributed by atoms with van der Waals surface area (Å²) in [5, 5.41) is 12.3. The van der Waals surface area contributed by atoms with Crippen LogP contribution in [-0.2, 0) is 6.42 Å². The molecule has 0 aliphatic carbocycles. The van der Waals surface area contributed by atoms with Gasteiger partial charge in [0.1, 0.15) is 22.6 Å². The molecule has 136 valence electrons. The molecule has 1 heterocycles. The maximum Gasteiger partial charge on any atom is 0.134 e. The number of aryl methyl sites for hydroxylation is 1. The number of hydrogen-bond donors (Lipinski definition) is 0. The minimum Gasteiger partial charge on any atom is -0.497 e. The first-order valence-electron chi connectivity index (χ1n) is 8.57. The fourth-order valence-electron chi connectivity index (χ4n) is 2.69. The third kappa shape index (κ3) is 4.18. The van der Waals surface area contributed by atoms with E-state index in [1.165, 1.54) is 16.9 Å². The number of nitriles is 1. The first kappa shape index (κ1) is 18.7. The van der Waals surface area contributed by atoms with Crippen molar-refractivity contribution in [3.63, 3.8) is 0 Å². The van der Waals surface area contributed by atoms with Crippen molar-refractivity contribution in [1.82, 2.24) is 4.98 Å². The maximum atomic E-state index is 9.66. The zero-order valence-corrected chi connectivity index (χ0v) is 16.3. The highest BCUT2D eigenvalue weighted by Crippen LogP contribution is 2.31. The van der Waals surface area contributed by atoms with Gasteiger partial charge in [-0.05, 0) is 36.3 Å². The van der Waals surface area contributed by atoms with Gasteiger partial charge in [0.2, 0.25) is 0 Å². The number of aromatic nitrogens is 1. The van der Waals surface area contributed by atoms with Crippen molar-refractivity contribution in [3.05, 3.63) is 64.0 Å². The highest BCUT2D eigenvalue weighted by atomic mass is 32.1. The van der Waals surface area contributed by atoms with Crippen molar-refractivity contribution in [1.29, 1.82) is 5.26 Å². The number of allylic oxidation sites excluding steroid dienone is 1. The molecule has 3 rings (SSSR count). The van der Waals surface area contributed by atoms with E-state index in [0.717, 1.165) is 23.2 Å². The van der Waals surface area contributed by atoms with Gasteiger partial charge >= 0.3 is 0 Å². The van der Waals surface area contributed by atoms with Crippen molar-refractivity contribution in [2.45, 2.75) is 13.3 Å². The summed E-state index contributed by atoms with van der Waals surface area (Å²) in [6, 6.07) is 16.1. The van der Waals surface area contributed by atoms with Crippen LogP contribution in [0.4, 0.5) is 0 Å². The standard InChI is InChI=1S/C22H20N2O2S/c1-4-15-5-7-16(8-6-15)20-14-27-22(24-20)18(13-23)11-17-12-19(25-2)9-10-21(17)26-3/h5-12,14H,4H2,1-3H3/b18-11-. The van der Waals surface area contributed by atoms with Crippen molar-refractivity contribution < 1.29 is 9.47 Å². The van der Waals surface area contributed by atoms with E-state index in [2.05, 4.69) is 42.2 Å². The smallest absolute Gasteiger partial charge is 0.134 e. The molecule has 5 heteroatoms. The first-order chi connectivity index (χ1) is 13.2. The summed E-state index contributed by atoms with van der Waals surface area (Å²) < 4.78 is 10.7. The Bertz CT molecular complexity index is 998. The van der Waals surface area contributed by atoms with Crippen molar-refractivity contribution >= 4 is 23.0 Å². The lowest BCUT2D eigenvalue weighted by Crippen LogP contribution is -1.90. The van der Waals surface area contributed by atoms with Gasteiger partial charge in [-0.3, -0.25) is 0 Å². The Balaban J connectivity index is 1.96. The van der Waals surface area contributed by atoms with E-state index in [4.69, 9.17) is 9.47 Å². The number of rotatable bonds is 6. The zero-order valence-electron chi connectivity index (χ0n) is 15.5. The Morgan fingerprint density at radius 2 is 1.93 bits per heavy atom. The Morgan fingerprint density at radius 1 is 1.15 bits per heavy atom. The molecular formula is C22H20N2O2S. The highest BCUT2D eigenvalue weighted by molar-refractivity contribution is 7.11. The molecule has 0 spiro atoms. The minimum absolute atomic E-state index is 0.489. The third-order valence-electron chi connectivity index (χ3n) is 4.25. The first-order valence-corrected chi connectivity index (χ1v) is 9.45. The van der Waals surface area contributed by atoms with E-state index in [1.54, 1.807) is 20.3 Å². The quantitative estimate of drug-likeness (QED) is 0.537. The Hall–Kier alpha value is -3.10. The van der Waals surface area contributed by atoms with Gasteiger partial charge in [-0.15, -0.1) is 11.3 Å². The fourth-order valence-corrected chi connectivity index (χ4v) is 3.49. The van der Waals surface area contributed by atoms with E-state index in [-0.39, 0.29) is 0 Å². The molecule has 0 bridgehead atoms. The second kappa shape index (κ2) is 8.52. The van der Waals surface area contributed by atoms with Gasteiger partial charge in [-0.1, -0.05) is 31.2 Å². The van der Waals surface area contributed by atoms with Crippen molar-refractivity contribution in [2.24, 2.45) is 0 Å². The highest BCUT2D eigenvalue weighted by Gasteiger charge is 2.11. The summed E-state index contributed by atoms with van der Waals surface area (Å²) in [5.41, 5.74) is 4.47. The van der Waals surface area contributed by atoms with Crippen LogP contribution in [0.15, 0.2) is 47.8 Å². The van der Waals surface area contributed by atoms with Crippen molar-refractivity contribution in [2.75, 3.05) is 14.2 Å². The van der Waals surface area contributed by atoms with Crippen LogP contribution < -0.4 is 9.47 Å². The second-order valence-corrected chi connectivity index (χ2v) is 6.72.